The van der Waals surface area contributed by atoms with E-state index in [1.54, 1.807) is 6.66 Å². The molecule has 0 heterocycles. The van der Waals surface area contributed by atoms with Gasteiger partial charge in [-0.05, 0) is 0 Å². The molecule has 0 rings (SSSR count). The van der Waals surface area contributed by atoms with Gasteiger partial charge in [0.15, 0.2) is 0 Å². The summed E-state index contributed by atoms with van der Waals surface area (Å²) in [5, 5.41) is 0. The monoisotopic (exact) mass is 70.0 g/mol. The largest absolute Gasteiger partial charge is 1.00 e. The Labute approximate surface area is 39.2 Å². The van der Waals surface area contributed by atoms with Crippen LogP contribution in [0.1, 0.15) is 0 Å². The molecule has 1 nitrogen and oxygen atoms in total. The minimum atomic E-state index is -0.167. The minimum absolute atomic E-state index is 0. The van der Waals surface area contributed by atoms with Crippen molar-refractivity contribution in [3.05, 3.63) is 0 Å². The summed E-state index contributed by atoms with van der Waals surface area (Å²) in [4.78, 5) is 0. The van der Waals surface area contributed by atoms with E-state index in [1.165, 1.54) is 0 Å². The summed E-state index contributed by atoms with van der Waals surface area (Å²) in [6, 6.07) is 0. The maximum atomic E-state index is 8.96. The van der Waals surface area contributed by atoms with E-state index in [2.05, 4.69) is 0 Å². The van der Waals surface area contributed by atoms with Crippen molar-refractivity contribution in [1.82, 2.24) is 0 Å². The Morgan fingerprint density at radius 2 is 1.75 bits per heavy atom. The third-order valence-corrected chi connectivity index (χ3v) is 0. The van der Waals surface area contributed by atoms with Gasteiger partial charge in [0.25, 0.3) is 0 Å². The normalized spacial score (nSPS) is 5.25. The quantitative estimate of drug-likeness (QED) is 0.230. The average Bonchev–Trinajstić information content (AvgIpc) is 0.918. The second-order valence-electron chi connectivity index (χ2n) is 0.204. The van der Waals surface area contributed by atoms with E-state index in [1.807, 2.05) is 0 Å². The van der Waals surface area contributed by atoms with Crippen LogP contribution in [0.25, 0.3) is 0 Å². The third kappa shape index (κ3) is 16.0. The van der Waals surface area contributed by atoms with Crippen LogP contribution in [0.2, 0.25) is 0 Å². The molecule has 0 bridgehead atoms. The molecule has 0 saturated heterocycles. The van der Waals surface area contributed by atoms with Crippen molar-refractivity contribution < 1.29 is 23.4 Å². The molecule has 18 valence electrons. The van der Waals surface area contributed by atoms with Crippen LogP contribution < -0.4 is 18.9 Å². The zero-order valence-electron chi connectivity index (χ0n) is 2.91. The van der Waals surface area contributed by atoms with Gasteiger partial charge in [-0.1, -0.05) is 4.57 Å². The van der Waals surface area contributed by atoms with Gasteiger partial charge in [0, 0.05) is 0 Å². The molecule has 0 spiro atoms. The topological polar surface area (TPSA) is 17.1 Å². The molecule has 1 unspecified atom stereocenters. The molecule has 1 atom stereocenters. The standard InChI is InChI=1S/CH3OP.Li/c1-3-2;/h1H3;/q;+1/p+1. The number of hydrogen-bond donors (Lipinski definition) is 0. The first-order valence-corrected chi connectivity index (χ1v) is 2.11. The molecule has 0 aliphatic carbocycles. The summed E-state index contributed by atoms with van der Waals surface area (Å²) in [5.41, 5.74) is 0. The van der Waals surface area contributed by atoms with Crippen molar-refractivity contribution in [1.29, 1.82) is 0 Å². The van der Waals surface area contributed by atoms with Gasteiger partial charge in [0.1, 0.15) is 6.66 Å². The molecule has 0 fully saturated rings. The molecular weight excluding hydrogens is 65.9 g/mol. The Morgan fingerprint density at radius 3 is 1.75 bits per heavy atom. The smallest absolute Gasteiger partial charge is 0.0778 e. The molecule has 0 radical (unpaired) electrons. The predicted octanol–water partition coefficient (Wildman–Crippen LogP) is -2.36. The molecular formula is CH4LiOP+2. The summed E-state index contributed by atoms with van der Waals surface area (Å²) >= 11 is 0. The maximum absolute atomic E-state index is 8.96. The second-order valence-corrected chi connectivity index (χ2v) is 0.612. The Morgan fingerprint density at radius 1 is 1.75 bits per heavy atom. The van der Waals surface area contributed by atoms with Crippen molar-refractivity contribution in [2.75, 3.05) is 6.66 Å². The Hall–Kier alpha value is 0.697. The van der Waals surface area contributed by atoms with Crippen LogP contribution >= 0.6 is 8.46 Å². The Balaban J connectivity index is 0. The fraction of sp³-hybridized carbons (Fsp3) is 1.00. The van der Waals surface area contributed by atoms with Crippen LogP contribution in [-0.4, -0.2) is 6.66 Å². The molecule has 4 heavy (non-hydrogen) atoms. The van der Waals surface area contributed by atoms with Crippen molar-refractivity contribution in [3.63, 3.8) is 0 Å². The van der Waals surface area contributed by atoms with Crippen LogP contribution in [0.5, 0.6) is 0 Å². The van der Waals surface area contributed by atoms with Gasteiger partial charge in [-0.3, -0.25) is 0 Å². The van der Waals surface area contributed by atoms with E-state index >= 15 is 0 Å². The van der Waals surface area contributed by atoms with Crippen LogP contribution in [0.3, 0.4) is 0 Å². The molecule has 0 aliphatic heterocycles. The van der Waals surface area contributed by atoms with Crippen LogP contribution in [0, 0.1) is 0 Å². The molecule has 3 heteroatoms. The summed E-state index contributed by atoms with van der Waals surface area (Å²) in [5.74, 6) is 0. The predicted molar refractivity (Wildman–Crippen MR) is 14.9 cm³/mol. The average molecular weight is 70.0 g/mol. The van der Waals surface area contributed by atoms with Crippen molar-refractivity contribution in [3.8, 4) is 0 Å². The van der Waals surface area contributed by atoms with Crippen molar-refractivity contribution in [2.24, 2.45) is 0 Å². The maximum Gasteiger partial charge on any atom is 1.00 e. The van der Waals surface area contributed by atoms with Gasteiger partial charge in [-0.2, -0.15) is 0 Å². The first-order valence-electron chi connectivity index (χ1n) is 0.704. The van der Waals surface area contributed by atoms with Crippen LogP contribution in [0.15, 0.2) is 0 Å². The van der Waals surface area contributed by atoms with Crippen molar-refractivity contribution in [2.45, 2.75) is 0 Å². The Kier molecular flexibility index (Phi) is 20.6. The molecule has 0 saturated carbocycles. The second kappa shape index (κ2) is 9.34. The minimum Gasteiger partial charge on any atom is -0.0778 e. The van der Waals surface area contributed by atoms with Gasteiger partial charge in [-0.25, -0.2) is 0 Å². The van der Waals surface area contributed by atoms with Gasteiger partial charge < -0.3 is 0 Å². The summed E-state index contributed by atoms with van der Waals surface area (Å²) in [6.07, 6.45) is 0. The number of rotatable bonds is 0. The first-order chi connectivity index (χ1) is 1.41. The summed E-state index contributed by atoms with van der Waals surface area (Å²) < 4.78 is 8.96. The molecule has 0 aromatic heterocycles. The first kappa shape index (κ1) is 8.83. The molecule has 0 N–H and O–H groups in total. The zero-order chi connectivity index (χ0) is 2.71. The van der Waals surface area contributed by atoms with E-state index in [0.29, 0.717) is 0 Å². The van der Waals surface area contributed by atoms with Gasteiger partial charge in [0.05, 0.1) is 0 Å². The summed E-state index contributed by atoms with van der Waals surface area (Å²) in [7, 11) is -0.167. The molecule has 0 aliphatic rings. The number of hydrogen-bond acceptors (Lipinski definition) is 1. The van der Waals surface area contributed by atoms with Gasteiger partial charge in [-0.15, -0.1) is 0 Å². The third-order valence-electron chi connectivity index (χ3n) is 0. The van der Waals surface area contributed by atoms with E-state index in [9.17, 15) is 0 Å². The van der Waals surface area contributed by atoms with Gasteiger partial charge in [0.2, 0.25) is 0 Å². The van der Waals surface area contributed by atoms with Crippen LogP contribution in [0.4, 0.5) is 0 Å². The van der Waals surface area contributed by atoms with E-state index in [0.717, 1.165) is 0 Å². The Bertz CT molecular complexity index is 15.5. The van der Waals surface area contributed by atoms with Gasteiger partial charge >= 0.3 is 27.3 Å². The molecule has 0 aromatic carbocycles. The van der Waals surface area contributed by atoms with Crippen molar-refractivity contribution >= 4 is 8.46 Å². The SMILES string of the molecule is C[PH+]=O.[Li+]. The molecule has 0 aromatic rings. The zero-order valence-corrected chi connectivity index (χ0v) is 3.91. The van der Waals surface area contributed by atoms with Crippen LogP contribution in [-0.2, 0) is 4.57 Å². The van der Waals surface area contributed by atoms with E-state index in [4.69, 9.17) is 4.57 Å². The summed E-state index contributed by atoms with van der Waals surface area (Å²) in [6.45, 7) is 1.60. The fourth-order valence-electron chi connectivity index (χ4n) is 0. The molecule has 0 amide bonds. The fourth-order valence-corrected chi connectivity index (χ4v) is 0. The van der Waals surface area contributed by atoms with E-state index in [-0.39, 0.29) is 27.3 Å². The van der Waals surface area contributed by atoms with E-state index < -0.39 is 0 Å².